The fraction of sp³-hybridized carbons (Fsp3) is 0.571. The zero-order valence-corrected chi connectivity index (χ0v) is 10.5. The van der Waals surface area contributed by atoms with Crippen molar-refractivity contribution in [2.24, 2.45) is 0 Å². The SMILES string of the molecule is CCOP(=S)(OCC)Oc1nccs1. The minimum atomic E-state index is -2.63. The lowest BCUT2D eigenvalue weighted by molar-refractivity contribution is 0.217. The number of hydrogen-bond donors (Lipinski definition) is 0. The van der Waals surface area contributed by atoms with Crippen LogP contribution in [0.2, 0.25) is 0 Å². The summed E-state index contributed by atoms with van der Waals surface area (Å²) in [5.74, 6) is 0. The molecule has 0 aliphatic carbocycles. The van der Waals surface area contributed by atoms with E-state index in [0.717, 1.165) is 0 Å². The number of hydrogen-bond acceptors (Lipinski definition) is 6. The van der Waals surface area contributed by atoms with Gasteiger partial charge in [0.05, 0.1) is 13.2 Å². The maximum absolute atomic E-state index is 5.41. The Labute approximate surface area is 92.5 Å². The highest BCUT2D eigenvalue weighted by Gasteiger charge is 2.22. The Morgan fingerprint density at radius 1 is 1.43 bits per heavy atom. The summed E-state index contributed by atoms with van der Waals surface area (Å²) in [7, 11) is 0. The third-order valence-electron chi connectivity index (χ3n) is 1.17. The monoisotopic (exact) mass is 253 g/mol. The van der Waals surface area contributed by atoms with Crippen molar-refractivity contribution in [3.8, 4) is 5.19 Å². The van der Waals surface area contributed by atoms with Gasteiger partial charge in [-0.25, -0.2) is 4.98 Å². The molecule has 0 fully saturated rings. The van der Waals surface area contributed by atoms with Crippen molar-refractivity contribution in [2.75, 3.05) is 13.2 Å². The van der Waals surface area contributed by atoms with E-state index < -0.39 is 6.72 Å². The quantitative estimate of drug-likeness (QED) is 0.729. The number of rotatable bonds is 6. The largest absolute Gasteiger partial charge is 0.396 e. The van der Waals surface area contributed by atoms with Gasteiger partial charge in [-0.1, -0.05) is 11.3 Å². The van der Waals surface area contributed by atoms with E-state index in [-0.39, 0.29) is 0 Å². The second-order valence-corrected chi connectivity index (χ2v) is 5.96. The first-order valence-electron chi connectivity index (χ1n) is 4.18. The Hall–Kier alpha value is -0.0000000000000000833. The van der Waals surface area contributed by atoms with E-state index >= 15 is 0 Å². The van der Waals surface area contributed by atoms with Crippen molar-refractivity contribution in [1.82, 2.24) is 4.98 Å². The summed E-state index contributed by atoms with van der Waals surface area (Å²) < 4.78 is 16.0. The van der Waals surface area contributed by atoms with Crippen molar-refractivity contribution in [3.05, 3.63) is 11.6 Å². The van der Waals surface area contributed by atoms with E-state index in [1.165, 1.54) is 11.3 Å². The fourth-order valence-corrected chi connectivity index (χ4v) is 3.62. The summed E-state index contributed by atoms with van der Waals surface area (Å²) in [6.45, 7) is 2.03. The third kappa shape index (κ3) is 3.63. The zero-order chi connectivity index (χ0) is 10.4. The van der Waals surface area contributed by atoms with Gasteiger partial charge in [-0.2, -0.15) is 0 Å². The predicted molar refractivity (Wildman–Crippen MR) is 60.3 cm³/mol. The van der Waals surface area contributed by atoms with E-state index in [9.17, 15) is 0 Å². The Balaban J connectivity index is 2.64. The van der Waals surface area contributed by atoms with Gasteiger partial charge < -0.3 is 4.52 Å². The van der Waals surface area contributed by atoms with Crippen molar-refractivity contribution in [3.63, 3.8) is 0 Å². The second-order valence-electron chi connectivity index (χ2n) is 2.17. The molecule has 4 nitrogen and oxygen atoms in total. The van der Waals surface area contributed by atoms with Gasteiger partial charge in [0.25, 0.3) is 5.19 Å². The first-order valence-corrected chi connectivity index (χ1v) is 7.62. The van der Waals surface area contributed by atoms with Crippen LogP contribution >= 0.6 is 18.1 Å². The van der Waals surface area contributed by atoms with Crippen LogP contribution in [0.5, 0.6) is 5.19 Å². The minimum Gasteiger partial charge on any atom is -0.396 e. The van der Waals surface area contributed by atoms with E-state index in [1.807, 2.05) is 19.2 Å². The van der Waals surface area contributed by atoms with Crippen molar-refractivity contribution in [2.45, 2.75) is 13.8 Å². The van der Waals surface area contributed by atoms with Crippen molar-refractivity contribution < 1.29 is 13.6 Å². The fourth-order valence-electron chi connectivity index (χ4n) is 0.757. The van der Waals surface area contributed by atoms with Crippen LogP contribution in [0.3, 0.4) is 0 Å². The molecule has 14 heavy (non-hydrogen) atoms. The van der Waals surface area contributed by atoms with Gasteiger partial charge in [0.1, 0.15) is 0 Å². The van der Waals surface area contributed by atoms with Crippen LogP contribution in [-0.4, -0.2) is 18.2 Å². The number of nitrogens with zero attached hydrogens (tertiary/aromatic N) is 1. The molecular weight excluding hydrogens is 241 g/mol. The maximum atomic E-state index is 5.41. The molecule has 0 spiro atoms. The average Bonchev–Trinajstić information content (AvgIpc) is 2.57. The average molecular weight is 253 g/mol. The number of aromatic nitrogens is 1. The molecule has 0 radical (unpaired) electrons. The van der Waals surface area contributed by atoms with E-state index in [2.05, 4.69) is 4.98 Å². The summed E-state index contributed by atoms with van der Waals surface area (Å²) in [4.78, 5) is 3.96. The molecule has 0 aliphatic heterocycles. The zero-order valence-electron chi connectivity index (χ0n) is 8.00. The second kappa shape index (κ2) is 5.78. The summed E-state index contributed by atoms with van der Waals surface area (Å²) in [6.07, 6.45) is 1.65. The molecule has 0 aromatic carbocycles. The molecule has 0 amide bonds. The molecule has 1 heterocycles. The van der Waals surface area contributed by atoms with Crippen LogP contribution < -0.4 is 4.52 Å². The molecule has 80 valence electrons. The van der Waals surface area contributed by atoms with Crippen LogP contribution in [0, 0.1) is 0 Å². The molecular formula is C7H12NO3PS2. The molecule has 1 aromatic rings. The van der Waals surface area contributed by atoms with E-state index in [0.29, 0.717) is 18.4 Å². The van der Waals surface area contributed by atoms with E-state index in [4.69, 9.17) is 25.4 Å². The molecule has 0 saturated carbocycles. The smallest absolute Gasteiger partial charge is 0.382 e. The highest BCUT2D eigenvalue weighted by Crippen LogP contribution is 2.49. The van der Waals surface area contributed by atoms with E-state index in [1.54, 1.807) is 6.20 Å². The van der Waals surface area contributed by atoms with Gasteiger partial charge in [0.2, 0.25) is 0 Å². The van der Waals surface area contributed by atoms with Gasteiger partial charge in [0.15, 0.2) is 0 Å². The van der Waals surface area contributed by atoms with Gasteiger partial charge in [0, 0.05) is 23.4 Å². The molecule has 0 bridgehead atoms. The Bertz CT molecular complexity index is 294. The Morgan fingerprint density at radius 2 is 2.07 bits per heavy atom. The molecule has 0 N–H and O–H groups in total. The van der Waals surface area contributed by atoms with Crippen LogP contribution in [-0.2, 0) is 20.9 Å². The lowest BCUT2D eigenvalue weighted by atomic mass is 10.9. The maximum Gasteiger partial charge on any atom is 0.382 e. The lowest BCUT2D eigenvalue weighted by Crippen LogP contribution is -2.01. The molecule has 0 aliphatic rings. The van der Waals surface area contributed by atoms with Crippen LogP contribution in [0.25, 0.3) is 0 Å². The summed E-state index contributed by atoms with van der Waals surface area (Å²) in [6, 6.07) is 0. The predicted octanol–water partition coefficient (Wildman–Crippen LogP) is 2.82. The van der Waals surface area contributed by atoms with Crippen LogP contribution in [0.15, 0.2) is 11.6 Å². The van der Waals surface area contributed by atoms with Crippen LogP contribution in [0.4, 0.5) is 0 Å². The highest BCUT2D eigenvalue weighted by molar-refractivity contribution is 8.07. The van der Waals surface area contributed by atoms with Gasteiger partial charge in [-0.3, -0.25) is 9.05 Å². The van der Waals surface area contributed by atoms with Crippen molar-refractivity contribution in [1.29, 1.82) is 0 Å². The molecule has 0 saturated heterocycles. The molecule has 0 atom stereocenters. The first-order chi connectivity index (χ1) is 6.70. The highest BCUT2D eigenvalue weighted by atomic mass is 32.5. The normalized spacial score (nSPS) is 11.6. The molecule has 1 aromatic heterocycles. The first kappa shape index (κ1) is 12.1. The van der Waals surface area contributed by atoms with Gasteiger partial charge in [-0.15, -0.1) is 0 Å². The van der Waals surface area contributed by atoms with Crippen LogP contribution in [0.1, 0.15) is 13.8 Å². The van der Waals surface area contributed by atoms with Crippen molar-refractivity contribution >= 4 is 29.9 Å². The minimum absolute atomic E-state index is 0.475. The Kier molecular flexibility index (Phi) is 4.98. The molecule has 7 heteroatoms. The van der Waals surface area contributed by atoms with Gasteiger partial charge >= 0.3 is 6.72 Å². The lowest BCUT2D eigenvalue weighted by Gasteiger charge is -2.18. The van der Waals surface area contributed by atoms with Gasteiger partial charge in [-0.05, 0) is 13.8 Å². The Morgan fingerprint density at radius 3 is 2.50 bits per heavy atom. The summed E-state index contributed by atoms with van der Waals surface area (Å²) in [5, 5.41) is 2.31. The molecule has 0 unspecified atom stereocenters. The summed E-state index contributed by atoms with van der Waals surface area (Å²) in [5.41, 5.74) is 0. The third-order valence-corrected chi connectivity index (χ3v) is 4.35. The summed E-state index contributed by atoms with van der Waals surface area (Å²) >= 11 is 6.53. The topological polar surface area (TPSA) is 40.6 Å². The number of thiazole rings is 1. The molecule has 1 rings (SSSR count). The standard InChI is InChI=1S/C7H12NO3PS2/c1-3-9-12(13,10-4-2)11-7-8-5-6-14-7/h5-6H,3-4H2,1-2H3.